The standard InChI is InChI=1S/C14H17BrN2O3S/c1-8-9(2)21-4-3-17(8)14(20)16-12-6-10(13(18)19)5-11(15)7-12/h5-9H,3-4H2,1-2H3,(H,16,20)(H,18,19). The van der Waals surface area contributed by atoms with Crippen LogP contribution in [-0.4, -0.2) is 45.6 Å². The fourth-order valence-corrected chi connectivity index (χ4v) is 3.79. The molecule has 0 radical (unpaired) electrons. The number of hydrogen-bond donors (Lipinski definition) is 2. The van der Waals surface area contributed by atoms with Crippen LogP contribution in [-0.2, 0) is 0 Å². The zero-order valence-electron chi connectivity index (χ0n) is 11.8. The number of urea groups is 1. The lowest BCUT2D eigenvalue weighted by Crippen LogP contribution is -2.49. The molecule has 2 unspecified atom stereocenters. The number of carboxylic acid groups (broad SMARTS) is 1. The molecule has 5 nitrogen and oxygen atoms in total. The number of anilines is 1. The predicted molar refractivity (Wildman–Crippen MR) is 88.2 cm³/mol. The third kappa shape index (κ3) is 3.91. The lowest BCUT2D eigenvalue weighted by atomic mass is 10.2. The Morgan fingerprint density at radius 1 is 1.38 bits per heavy atom. The largest absolute Gasteiger partial charge is 0.478 e. The Morgan fingerprint density at radius 3 is 2.76 bits per heavy atom. The summed E-state index contributed by atoms with van der Waals surface area (Å²) in [5.41, 5.74) is 0.611. The van der Waals surface area contributed by atoms with Crippen LogP contribution in [0.25, 0.3) is 0 Å². The van der Waals surface area contributed by atoms with Gasteiger partial charge in [-0.2, -0.15) is 11.8 Å². The van der Waals surface area contributed by atoms with Crippen molar-refractivity contribution in [3.8, 4) is 0 Å². The highest BCUT2D eigenvalue weighted by atomic mass is 79.9. The van der Waals surface area contributed by atoms with Gasteiger partial charge in [0.25, 0.3) is 0 Å². The van der Waals surface area contributed by atoms with E-state index in [1.54, 1.807) is 11.0 Å². The van der Waals surface area contributed by atoms with Crippen LogP contribution < -0.4 is 5.32 Å². The zero-order valence-corrected chi connectivity index (χ0v) is 14.2. The number of nitrogens with one attached hydrogen (secondary N) is 1. The highest BCUT2D eigenvalue weighted by Crippen LogP contribution is 2.25. The molecule has 1 saturated heterocycles. The molecule has 0 bridgehead atoms. The number of carbonyl (C=O) groups is 2. The summed E-state index contributed by atoms with van der Waals surface area (Å²) in [5.74, 6) is -0.110. The number of hydrogen-bond acceptors (Lipinski definition) is 3. The summed E-state index contributed by atoms with van der Waals surface area (Å²) in [6, 6.07) is 4.61. The molecule has 1 aromatic rings. The van der Waals surface area contributed by atoms with Crippen molar-refractivity contribution in [2.24, 2.45) is 0 Å². The maximum Gasteiger partial charge on any atom is 0.335 e. The molecule has 1 fully saturated rings. The van der Waals surface area contributed by atoms with Crippen LogP contribution in [0.3, 0.4) is 0 Å². The van der Waals surface area contributed by atoms with Crippen molar-refractivity contribution in [2.75, 3.05) is 17.6 Å². The number of thioether (sulfide) groups is 1. The predicted octanol–water partition coefficient (Wildman–Crippen LogP) is 3.51. The number of carbonyl (C=O) groups excluding carboxylic acids is 1. The first-order chi connectivity index (χ1) is 9.88. The Morgan fingerprint density at radius 2 is 2.10 bits per heavy atom. The minimum Gasteiger partial charge on any atom is -0.478 e. The van der Waals surface area contributed by atoms with Crippen LogP contribution in [0.4, 0.5) is 10.5 Å². The van der Waals surface area contributed by atoms with E-state index in [1.807, 2.05) is 18.7 Å². The second-order valence-electron chi connectivity index (χ2n) is 4.97. The van der Waals surface area contributed by atoms with Gasteiger partial charge in [0.1, 0.15) is 0 Å². The van der Waals surface area contributed by atoms with Crippen molar-refractivity contribution in [1.82, 2.24) is 4.90 Å². The van der Waals surface area contributed by atoms with E-state index >= 15 is 0 Å². The Bertz CT molecular complexity index is 567. The summed E-state index contributed by atoms with van der Waals surface area (Å²) in [4.78, 5) is 25.2. The molecular formula is C14H17BrN2O3S. The van der Waals surface area contributed by atoms with E-state index in [2.05, 4.69) is 28.2 Å². The number of carboxylic acids is 1. The normalized spacial score (nSPS) is 22.0. The summed E-state index contributed by atoms with van der Waals surface area (Å²) in [6.07, 6.45) is 0. The number of rotatable bonds is 2. The maximum absolute atomic E-state index is 12.4. The molecule has 1 heterocycles. The fraction of sp³-hybridized carbons (Fsp3) is 0.429. The van der Waals surface area contributed by atoms with Gasteiger partial charge in [0.15, 0.2) is 0 Å². The quantitative estimate of drug-likeness (QED) is 0.833. The van der Waals surface area contributed by atoms with Gasteiger partial charge in [0, 0.05) is 33.7 Å². The molecule has 2 atom stereocenters. The van der Waals surface area contributed by atoms with E-state index < -0.39 is 5.97 Å². The number of aromatic carboxylic acids is 1. The zero-order chi connectivity index (χ0) is 15.6. The number of benzene rings is 1. The van der Waals surface area contributed by atoms with Gasteiger partial charge < -0.3 is 15.3 Å². The van der Waals surface area contributed by atoms with Crippen molar-refractivity contribution in [2.45, 2.75) is 25.1 Å². The molecule has 1 aliphatic rings. The van der Waals surface area contributed by atoms with Crippen LogP contribution in [0.5, 0.6) is 0 Å². The van der Waals surface area contributed by atoms with Crippen LogP contribution in [0, 0.1) is 0 Å². The maximum atomic E-state index is 12.4. The minimum absolute atomic E-state index is 0.135. The van der Waals surface area contributed by atoms with Gasteiger partial charge in [-0.05, 0) is 25.1 Å². The highest BCUT2D eigenvalue weighted by Gasteiger charge is 2.28. The van der Waals surface area contributed by atoms with Gasteiger partial charge in [-0.25, -0.2) is 9.59 Å². The van der Waals surface area contributed by atoms with E-state index in [0.29, 0.717) is 22.0 Å². The smallest absolute Gasteiger partial charge is 0.335 e. The Labute approximate surface area is 136 Å². The van der Waals surface area contributed by atoms with Gasteiger partial charge in [-0.15, -0.1) is 0 Å². The third-order valence-corrected chi connectivity index (χ3v) is 5.34. The molecule has 0 spiro atoms. The highest BCUT2D eigenvalue weighted by molar-refractivity contribution is 9.10. The molecule has 2 N–H and O–H groups in total. The first-order valence-electron chi connectivity index (χ1n) is 6.61. The number of halogens is 1. The average Bonchev–Trinajstić information content (AvgIpc) is 2.41. The molecule has 7 heteroatoms. The van der Waals surface area contributed by atoms with Crippen LogP contribution in [0.1, 0.15) is 24.2 Å². The van der Waals surface area contributed by atoms with Gasteiger partial charge in [-0.1, -0.05) is 22.9 Å². The van der Waals surface area contributed by atoms with Gasteiger partial charge in [0.2, 0.25) is 0 Å². The molecule has 1 aliphatic heterocycles. The molecule has 0 saturated carbocycles. The summed E-state index contributed by atoms with van der Waals surface area (Å²) in [6.45, 7) is 4.83. The molecule has 0 aliphatic carbocycles. The second-order valence-corrected chi connectivity index (χ2v) is 7.37. The van der Waals surface area contributed by atoms with Gasteiger partial charge >= 0.3 is 12.0 Å². The number of amides is 2. The summed E-state index contributed by atoms with van der Waals surface area (Å²) in [5, 5.41) is 12.2. The average molecular weight is 373 g/mol. The molecule has 1 aromatic carbocycles. The van der Waals surface area contributed by atoms with Gasteiger partial charge in [-0.3, -0.25) is 0 Å². The third-order valence-electron chi connectivity index (χ3n) is 3.54. The molecule has 0 aromatic heterocycles. The second kappa shape index (κ2) is 6.70. The summed E-state index contributed by atoms with van der Waals surface area (Å²) in [7, 11) is 0. The van der Waals surface area contributed by atoms with Crippen molar-refractivity contribution in [3.63, 3.8) is 0 Å². The van der Waals surface area contributed by atoms with Crippen molar-refractivity contribution in [1.29, 1.82) is 0 Å². The Hall–Kier alpha value is -1.21. The van der Waals surface area contributed by atoms with E-state index in [0.717, 1.165) is 5.75 Å². The SMILES string of the molecule is CC1SCCN(C(=O)Nc2cc(Br)cc(C(=O)O)c2)C1C. The first-order valence-corrected chi connectivity index (χ1v) is 8.46. The molecule has 2 rings (SSSR count). The van der Waals surface area contributed by atoms with E-state index in [4.69, 9.17) is 5.11 Å². The fourth-order valence-electron chi connectivity index (χ4n) is 2.20. The Balaban J connectivity index is 2.14. The number of nitrogens with zero attached hydrogens (tertiary/aromatic N) is 1. The van der Waals surface area contributed by atoms with Gasteiger partial charge in [0.05, 0.1) is 5.56 Å². The van der Waals surface area contributed by atoms with Crippen LogP contribution in [0.15, 0.2) is 22.7 Å². The molecular weight excluding hydrogens is 356 g/mol. The first kappa shape index (κ1) is 16.2. The topological polar surface area (TPSA) is 69.6 Å². The monoisotopic (exact) mass is 372 g/mol. The van der Waals surface area contributed by atoms with E-state index in [-0.39, 0.29) is 17.6 Å². The van der Waals surface area contributed by atoms with Crippen molar-refractivity contribution in [3.05, 3.63) is 28.2 Å². The van der Waals surface area contributed by atoms with Crippen molar-refractivity contribution >= 4 is 45.4 Å². The van der Waals surface area contributed by atoms with Crippen LogP contribution in [0.2, 0.25) is 0 Å². The summed E-state index contributed by atoms with van der Waals surface area (Å²) >= 11 is 5.11. The van der Waals surface area contributed by atoms with Crippen LogP contribution >= 0.6 is 27.7 Å². The minimum atomic E-state index is -1.02. The summed E-state index contributed by atoms with van der Waals surface area (Å²) < 4.78 is 0.619. The molecule has 2 amide bonds. The Kier molecular flexibility index (Phi) is 5.16. The lowest BCUT2D eigenvalue weighted by Gasteiger charge is -2.37. The lowest BCUT2D eigenvalue weighted by molar-refractivity contribution is 0.0696. The molecule has 21 heavy (non-hydrogen) atoms. The molecule has 114 valence electrons. The van der Waals surface area contributed by atoms with E-state index in [9.17, 15) is 9.59 Å². The van der Waals surface area contributed by atoms with E-state index in [1.165, 1.54) is 12.1 Å². The van der Waals surface area contributed by atoms with Crippen molar-refractivity contribution < 1.29 is 14.7 Å².